The number of hydrogen-bond donors (Lipinski definition) is 0. The van der Waals surface area contributed by atoms with E-state index in [4.69, 9.17) is 4.74 Å². The van der Waals surface area contributed by atoms with Gasteiger partial charge in [-0.1, -0.05) is 18.2 Å². The molecule has 0 fully saturated rings. The van der Waals surface area contributed by atoms with Gasteiger partial charge in [-0.25, -0.2) is 4.98 Å². The molecule has 4 nitrogen and oxygen atoms in total. The van der Waals surface area contributed by atoms with Crippen molar-refractivity contribution in [1.29, 1.82) is 0 Å². The highest BCUT2D eigenvalue weighted by molar-refractivity contribution is 5.87. The molecule has 0 atom stereocenters. The second-order valence-electron chi connectivity index (χ2n) is 4.55. The smallest absolute Gasteiger partial charge is 0.218 e. The lowest BCUT2D eigenvalue weighted by Gasteiger charge is -2.09. The number of fused-ring (bicyclic) bond motifs is 1. The number of aromatic nitrogens is 2. The summed E-state index contributed by atoms with van der Waals surface area (Å²) in [5.74, 6) is 0.626. The van der Waals surface area contributed by atoms with E-state index in [1.165, 1.54) is 0 Å². The Kier molecular flexibility index (Phi) is 3.21. The zero-order valence-electron chi connectivity index (χ0n) is 11.1. The lowest BCUT2D eigenvalue weighted by atomic mass is 10.2. The van der Waals surface area contributed by atoms with Gasteiger partial charge in [0.05, 0.1) is 13.7 Å². The fourth-order valence-corrected chi connectivity index (χ4v) is 2.32. The Morgan fingerprint density at radius 1 is 1.30 bits per heavy atom. The van der Waals surface area contributed by atoms with Crippen LogP contribution in [0.2, 0.25) is 0 Å². The first kappa shape index (κ1) is 12.4. The average Bonchev–Trinajstić information content (AvgIpc) is 2.90. The van der Waals surface area contributed by atoms with Crippen molar-refractivity contribution in [2.24, 2.45) is 0 Å². The predicted molar refractivity (Wildman–Crippen MR) is 77.2 cm³/mol. The van der Waals surface area contributed by atoms with Gasteiger partial charge in [0, 0.05) is 29.0 Å². The molecule has 0 aliphatic rings. The van der Waals surface area contributed by atoms with Crippen LogP contribution in [0.5, 0.6) is 5.88 Å². The molecule has 100 valence electrons. The summed E-state index contributed by atoms with van der Waals surface area (Å²) in [6.07, 6.45) is 4.58. The monoisotopic (exact) mass is 266 g/mol. The minimum atomic E-state index is 0.626. The lowest BCUT2D eigenvalue weighted by molar-refractivity contribution is 0.112. The van der Waals surface area contributed by atoms with Gasteiger partial charge in [0.1, 0.15) is 6.29 Å². The summed E-state index contributed by atoms with van der Waals surface area (Å²) >= 11 is 0. The van der Waals surface area contributed by atoms with Gasteiger partial charge < -0.3 is 9.30 Å². The maximum Gasteiger partial charge on any atom is 0.218 e. The normalized spacial score (nSPS) is 10.7. The Balaban J connectivity index is 2.04. The number of methoxy groups -OCH3 is 1. The third-order valence-electron chi connectivity index (χ3n) is 3.32. The second-order valence-corrected chi connectivity index (χ2v) is 4.55. The Hall–Kier alpha value is -2.62. The summed E-state index contributed by atoms with van der Waals surface area (Å²) in [6.45, 7) is 0.656. The Morgan fingerprint density at radius 2 is 2.20 bits per heavy atom. The van der Waals surface area contributed by atoms with Crippen LogP contribution in [-0.2, 0) is 6.54 Å². The van der Waals surface area contributed by atoms with Gasteiger partial charge >= 0.3 is 0 Å². The molecule has 0 spiro atoms. The van der Waals surface area contributed by atoms with Crippen LogP contribution in [0.4, 0.5) is 0 Å². The molecule has 0 N–H and O–H groups in total. The molecule has 0 bridgehead atoms. The molecule has 0 saturated heterocycles. The molecule has 0 unspecified atom stereocenters. The molecular weight excluding hydrogens is 252 g/mol. The molecule has 1 aromatic carbocycles. The first-order valence-corrected chi connectivity index (χ1v) is 6.34. The Morgan fingerprint density at radius 3 is 3.00 bits per heavy atom. The Labute approximate surface area is 116 Å². The van der Waals surface area contributed by atoms with Crippen molar-refractivity contribution >= 4 is 17.2 Å². The largest absolute Gasteiger partial charge is 0.481 e. The van der Waals surface area contributed by atoms with Crippen LogP contribution in [0, 0.1) is 0 Å². The number of pyridine rings is 1. The van der Waals surface area contributed by atoms with Crippen molar-refractivity contribution < 1.29 is 9.53 Å². The predicted octanol–water partition coefficient (Wildman–Crippen LogP) is 2.91. The first-order valence-electron chi connectivity index (χ1n) is 6.34. The van der Waals surface area contributed by atoms with E-state index in [1.807, 2.05) is 42.6 Å². The zero-order valence-corrected chi connectivity index (χ0v) is 11.1. The lowest BCUT2D eigenvalue weighted by Crippen LogP contribution is -2.01. The molecule has 0 aliphatic carbocycles. The molecule has 2 heterocycles. The van der Waals surface area contributed by atoms with E-state index in [2.05, 4.69) is 9.55 Å². The molecular formula is C16H14N2O2. The zero-order chi connectivity index (χ0) is 13.9. The number of rotatable bonds is 4. The molecule has 20 heavy (non-hydrogen) atoms. The maximum absolute atomic E-state index is 10.9. The van der Waals surface area contributed by atoms with Crippen LogP contribution in [0.25, 0.3) is 10.9 Å². The molecule has 0 aliphatic heterocycles. The van der Waals surface area contributed by atoms with Crippen LogP contribution in [0.3, 0.4) is 0 Å². The van der Waals surface area contributed by atoms with Gasteiger partial charge in [-0.2, -0.15) is 0 Å². The van der Waals surface area contributed by atoms with E-state index in [0.717, 1.165) is 22.8 Å². The van der Waals surface area contributed by atoms with Gasteiger partial charge in [-0.3, -0.25) is 4.79 Å². The highest BCUT2D eigenvalue weighted by Gasteiger charge is 2.07. The minimum absolute atomic E-state index is 0.626. The van der Waals surface area contributed by atoms with Gasteiger partial charge in [0.25, 0.3) is 0 Å². The number of ether oxygens (including phenoxy) is 1. The number of carbonyl (C=O) groups excluding carboxylic acids is 1. The van der Waals surface area contributed by atoms with Crippen molar-refractivity contribution in [1.82, 2.24) is 9.55 Å². The number of carbonyl (C=O) groups is 1. The summed E-state index contributed by atoms with van der Waals surface area (Å²) in [5.41, 5.74) is 2.71. The third-order valence-corrected chi connectivity index (χ3v) is 3.32. The van der Waals surface area contributed by atoms with Gasteiger partial charge in [-0.05, 0) is 23.6 Å². The van der Waals surface area contributed by atoms with Crippen LogP contribution < -0.4 is 4.74 Å². The van der Waals surface area contributed by atoms with Crippen molar-refractivity contribution in [3.63, 3.8) is 0 Å². The van der Waals surface area contributed by atoms with E-state index in [0.29, 0.717) is 18.0 Å². The molecule has 4 heteroatoms. The van der Waals surface area contributed by atoms with Crippen molar-refractivity contribution in [3.05, 3.63) is 59.9 Å². The first-order chi connectivity index (χ1) is 9.81. The molecule has 3 rings (SSSR count). The average molecular weight is 266 g/mol. The number of hydrogen-bond acceptors (Lipinski definition) is 3. The van der Waals surface area contributed by atoms with Crippen LogP contribution in [0.1, 0.15) is 15.9 Å². The number of nitrogens with zero attached hydrogens (tertiary/aromatic N) is 2. The van der Waals surface area contributed by atoms with E-state index in [1.54, 1.807) is 13.3 Å². The molecule has 0 radical (unpaired) electrons. The van der Waals surface area contributed by atoms with Crippen molar-refractivity contribution in [2.45, 2.75) is 6.54 Å². The summed E-state index contributed by atoms with van der Waals surface area (Å²) in [6, 6.07) is 11.6. The molecule has 0 amide bonds. The highest BCUT2D eigenvalue weighted by atomic mass is 16.5. The van der Waals surface area contributed by atoms with E-state index < -0.39 is 0 Å². The quantitative estimate of drug-likeness (QED) is 0.682. The fourth-order valence-electron chi connectivity index (χ4n) is 2.32. The standard InChI is InChI=1S/C16H14N2O2/c1-20-16-14(3-2-7-17-16)10-18-8-6-13-5-4-12(11-19)9-15(13)18/h2-9,11H,10H2,1H3. The SMILES string of the molecule is COc1ncccc1Cn1ccc2ccc(C=O)cc21. The van der Waals surface area contributed by atoms with Crippen molar-refractivity contribution in [2.75, 3.05) is 7.11 Å². The van der Waals surface area contributed by atoms with E-state index in [9.17, 15) is 4.79 Å². The van der Waals surface area contributed by atoms with Crippen LogP contribution in [-0.4, -0.2) is 22.9 Å². The van der Waals surface area contributed by atoms with Crippen molar-refractivity contribution in [3.8, 4) is 5.88 Å². The molecule has 3 aromatic rings. The summed E-state index contributed by atoms with van der Waals surface area (Å²) in [5, 5.41) is 1.11. The van der Waals surface area contributed by atoms with E-state index in [-0.39, 0.29) is 0 Å². The molecule has 2 aromatic heterocycles. The van der Waals surface area contributed by atoms with Gasteiger partial charge in [-0.15, -0.1) is 0 Å². The van der Waals surface area contributed by atoms with Crippen LogP contribution in [0.15, 0.2) is 48.8 Å². The number of aldehydes is 1. The third kappa shape index (κ3) is 2.16. The number of benzene rings is 1. The van der Waals surface area contributed by atoms with E-state index >= 15 is 0 Å². The fraction of sp³-hybridized carbons (Fsp3) is 0.125. The Bertz CT molecular complexity index is 762. The summed E-state index contributed by atoms with van der Waals surface area (Å²) < 4.78 is 7.36. The maximum atomic E-state index is 10.9. The summed E-state index contributed by atoms with van der Waals surface area (Å²) in [7, 11) is 1.62. The highest BCUT2D eigenvalue weighted by Crippen LogP contribution is 2.21. The molecule has 0 saturated carbocycles. The van der Waals surface area contributed by atoms with Gasteiger partial charge in [0.15, 0.2) is 0 Å². The minimum Gasteiger partial charge on any atom is -0.481 e. The summed E-state index contributed by atoms with van der Waals surface area (Å²) in [4.78, 5) is 15.1. The topological polar surface area (TPSA) is 44.1 Å². The van der Waals surface area contributed by atoms with Gasteiger partial charge in [0.2, 0.25) is 5.88 Å². The second kappa shape index (κ2) is 5.17. The van der Waals surface area contributed by atoms with Crippen LogP contribution >= 0.6 is 0 Å².